The first-order chi connectivity index (χ1) is 8.47. The molecule has 1 amide bonds. The number of benzene rings is 1. The van der Waals surface area contributed by atoms with Gasteiger partial charge >= 0.3 is 0 Å². The molecule has 0 aliphatic heterocycles. The Morgan fingerprint density at radius 1 is 1.28 bits per heavy atom. The van der Waals surface area contributed by atoms with Crippen LogP contribution in [0.5, 0.6) is 5.75 Å². The van der Waals surface area contributed by atoms with Gasteiger partial charge in [0.2, 0.25) is 5.91 Å². The van der Waals surface area contributed by atoms with Crippen molar-refractivity contribution in [3.8, 4) is 5.75 Å². The molecule has 3 N–H and O–H groups in total. The summed E-state index contributed by atoms with van der Waals surface area (Å²) in [5.41, 5.74) is -0.513. The lowest BCUT2D eigenvalue weighted by Crippen LogP contribution is -2.06. The summed E-state index contributed by atoms with van der Waals surface area (Å²) in [6, 6.07) is 5.33. The number of anilines is 1. The second-order valence-electron chi connectivity index (χ2n) is 3.79. The van der Waals surface area contributed by atoms with E-state index >= 15 is 0 Å². The fraction of sp³-hybridized carbons (Fsp3) is 0.0833. The molecule has 0 aliphatic rings. The lowest BCUT2D eigenvalue weighted by molar-refractivity contribution is -0.114. The molecule has 0 saturated heterocycles. The van der Waals surface area contributed by atoms with Crippen LogP contribution in [0.25, 0.3) is 10.9 Å². The van der Waals surface area contributed by atoms with Crippen molar-refractivity contribution in [3.63, 3.8) is 0 Å². The molecule has 18 heavy (non-hydrogen) atoms. The van der Waals surface area contributed by atoms with E-state index in [0.29, 0.717) is 11.2 Å². The van der Waals surface area contributed by atoms with Crippen LogP contribution in [0.15, 0.2) is 33.9 Å². The summed E-state index contributed by atoms with van der Waals surface area (Å²) >= 11 is 0. The van der Waals surface area contributed by atoms with E-state index < -0.39 is 16.7 Å². The van der Waals surface area contributed by atoms with Gasteiger partial charge in [-0.25, -0.2) is 0 Å². The predicted molar refractivity (Wildman–Crippen MR) is 66.8 cm³/mol. The maximum absolute atomic E-state index is 11.8. The first kappa shape index (κ1) is 11.8. The molecule has 92 valence electrons. The smallest absolute Gasteiger partial charge is 0.290 e. The van der Waals surface area contributed by atoms with Gasteiger partial charge < -0.3 is 15.4 Å². The SMILES string of the molecule is CC(=O)Nc1ccc2[nH]c(=O)c(O)cc(=O)c2c1. The highest BCUT2D eigenvalue weighted by Crippen LogP contribution is 2.14. The Bertz CT molecular complexity index is 749. The lowest BCUT2D eigenvalue weighted by Gasteiger charge is -2.01. The van der Waals surface area contributed by atoms with Gasteiger partial charge in [0, 0.05) is 24.1 Å². The number of nitrogens with one attached hydrogen (secondary N) is 2. The molecule has 0 bridgehead atoms. The van der Waals surface area contributed by atoms with Gasteiger partial charge in [0.05, 0.1) is 5.52 Å². The highest BCUT2D eigenvalue weighted by molar-refractivity contribution is 5.92. The Morgan fingerprint density at radius 3 is 2.67 bits per heavy atom. The van der Waals surface area contributed by atoms with Crippen molar-refractivity contribution in [3.05, 3.63) is 44.8 Å². The third-order valence-corrected chi connectivity index (χ3v) is 2.35. The number of hydrogen-bond acceptors (Lipinski definition) is 4. The second-order valence-corrected chi connectivity index (χ2v) is 3.79. The fourth-order valence-corrected chi connectivity index (χ4v) is 1.59. The Kier molecular flexibility index (Phi) is 2.85. The van der Waals surface area contributed by atoms with E-state index in [4.69, 9.17) is 0 Å². The van der Waals surface area contributed by atoms with Gasteiger partial charge in [-0.15, -0.1) is 0 Å². The zero-order valence-corrected chi connectivity index (χ0v) is 9.48. The van der Waals surface area contributed by atoms with Gasteiger partial charge in [0.25, 0.3) is 5.56 Å². The minimum Gasteiger partial charge on any atom is -0.503 e. The molecule has 6 nitrogen and oxygen atoms in total. The number of aromatic hydroxyl groups is 1. The Labute approximate surface area is 101 Å². The average molecular weight is 246 g/mol. The van der Waals surface area contributed by atoms with E-state index in [1.54, 1.807) is 6.07 Å². The molecule has 0 saturated carbocycles. The van der Waals surface area contributed by atoms with Gasteiger partial charge in [-0.3, -0.25) is 14.4 Å². The standard InChI is InChI=1S/C12H10N2O4/c1-6(15)13-7-2-3-9-8(4-7)10(16)5-11(17)12(18)14-9/h2-5,17H,1H3,(H,13,15)(H,14,18). The van der Waals surface area contributed by atoms with E-state index in [1.807, 2.05) is 0 Å². The zero-order chi connectivity index (χ0) is 13.3. The van der Waals surface area contributed by atoms with Crippen LogP contribution in [0.1, 0.15) is 6.92 Å². The maximum atomic E-state index is 11.8. The van der Waals surface area contributed by atoms with Crippen LogP contribution in [-0.2, 0) is 4.79 Å². The van der Waals surface area contributed by atoms with Crippen LogP contribution in [0.4, 0.5) is 5.69 Å². The molecule has 1 aromatic carbocycles. The molecule has 0 spiro atoms. The number of fused-ring (bicyclic) bond motifs is 1. The first-order valence-electron chi connectivity index (χ1n) is 5.15. The minimum atomic E-state index is -0.741. The highest BCUT2D eigenvalue weighted by atomic mass is 16.3. The third kappa shape index (κ3) is 2.22. The molecule has 0 aliphatic carbocycles. The van der Waals surface area contributed by atoms with Crippen molar-refractivity contribution in [1.29, 1.82) is 0 Å². The molecule has 1 heterocycles. The Hall–Kier alpha value is -2.63. The van der Waals surface area contributed by atoms with Crippen LogP contribution in [0.2, 0.25) is 0 Å². The van der Waals surface area contributed by atoms with Gasteiger partial charge in [-0.05, 0) is 18.2 Å². The van der Waals surface area contributed by atoms with Gasteiger partial charge in [-0.2, -0.15) is 0 Å². The predicted octanol–water partition coefficient (Wildman–Crippen LogP) is 0.552. The molecule has 0 atom stereocenters. The van der Waals surface area contributed by atoms with Gasteiger partial charge in [-0.1, -0.05) is 0 Å². The summed E-state index contributed by atoms with van der Waals surface area (Å²) in [7, 11) is 0. The topological polar surface area (TPSA) is 99.3 Å². The van der Waals surface area contributed by atoms with Crippen molar-refractivity contribution in [2.45, 2.75) is 6.92 Å². The summed E-state index contributed by atoms with van der Waals surface area (Å²) in [4.78, 5) is 36.4. The number of carbonyl (C=O) groups is 1. The molecule has 0 radical (unpaired) electrons. The number of rotatable bonds is 1. The van der Waals surface area contributed by atoms with Crippen molar-refractivity contribution < 1.29 is 9.90 Å². The first-order valence-corrected chi connectivity index (χ1v) is 5.15. The zero-order valence-electron chi connectivity index (χ0n) is 9.48. The monoisotopic (exact) mass is 246 g/mol. The van der Waals surface area contributed by atoms with Crippen molar-refractivity contribution in [1.82, 2.24) is 4.98 Å². The minimum absolute atomic E-state index is 0.207. The lowest BCUT2D eigenvalue weighted by atomic mass is 10.2. The average Bonchev–Trinajstić information content (AvgIpc) is 2.38. The third-order valence-electron chi connectivity index (χ3n) is 2.35. The largest absolute Gasteiger partial charge is 0.503 e. The quantitative estimate of drug-likeness (QED) is 0.684. The number of aromatic amines is 1. The number of H-pyrrole nitrogens is 1. The van der Waals surface area contributed by atoms with Gasteiger partial charge in [0.15, 0.2) is 11.2 Å². The molecule has 0 unspecified atom stereocenters. The number of carbonyl (C=O) groups excluding carboxylic acids is 1. The van der Waals surface area contributed by atoms with E-state index in [1.165, 1.54) is 19.1 Å². The number of aromatic nitrogens is 1. The number of amides is 1. The number of hydrogen-bond donors (Lipinski definition) is 3. The molecule has 6 heteroatoms. The molecular weight excluding hydrogens is 236 g/mol. The summed E-state index contributed by atoms with van der Waals surface area (Å²) in [6.45, 7) is 1.35. The van der Waals surface area contributed by atoms with Crippen LogP contribution >= 0.6 is 0 Å². The summed E-state index contributed by atoms with van der Waals surface area (Å²) in [5, 5.41) is 12.0. The summed E-state index contributed by atoms with van der Waals surface area (Å²) in [5.74, 6) is -0.907. The van der Waals surface area contributed by atoms with Crippen molar-refractivity contribution >= 4 is 22.5 Å². The summed E-state index contributed by atoms with van der Waals surface area (Å²) in [6.07, 6.45) is 0. The highest BCUT2D eigenvalue weighted by Gasteiger charge is 2.04. The van der Waals surface area contributed by atoms with Crippen LogP contribution in [0, 0.1) is 0 Å². The van der Waals surface area contributed by atoms with E-state index in [-0.39, 0.29) is 11.3 Å². The Morgan fingerprint density at radius 2 is 2.00 bits per heavy atom. The van der Waals surface area contributed by atoms with Crippen LogP contribution < -0.4 is 16.3 Å². The Balaban J connectivity index is 2.79. The molecule has 2 rings (SSSR count). The normalized spacial score (nSPS) is 10.3. The molecular formula is C12H10N2O4. The molecule has 1 aromatic heterocycles. The van der Waals surface area contributed by atoms with E-state index in [9.17, 15) is 19.5 Å². The summed E-state index contributed by atoms with van der Waals surface area (Å²) < 4.78 is 0. The van der Waals surface area contributed by atoms with Crippen molar-refractivity contribution in [2.75, 3.05) is 5.32 Å². The fourth-order valence-electron chi connectivity index (χ4n) is 1.59. The van der Waals surface area contributed by atoms with E-state index in [0.717, 1.165) is 6.07 Å². The molecule has 0 fully saturated rings. The second kappa shape index (κ2) is 4.33. The maximum Gasteiger partial charge on any atom is 0.290 e. The van der Waals surface area contributed by atoms with Crippen LogP contribution in [-0.4, -0.2) is 16.0 Å². The van der Waals surface area contributed by atoms with Crippen molar-refractivity contribution in [2.24, 2.45) is 0 Å². The van der Waals surface area contributed by atoms with E-state index in [2.05, 4.69) is 10.3 Å². The van der Waals surface area contributed by atoms with Crippen LogP contribution in [0.3, 0.4) is 0 Å². The van der Waals surface area contributed by atoms with Gasteiger partial charge in [0.1, 0.15) is 0 Å². The molecule has 2 aromatic rings.